The van der Waals surface area contributed by atoms with Gasteiger partial charge in [-0.15, -0.1) is 16.4 Å². The summed E-state index contributed by atoms with van der Waals surface area (Å²) in [6.07, 6.45) is 1.26. The molecule has 3 aromatic rings. The smallest absolute Gasteiger partial charge is 0.192 e. The van der Waals surface area contributed by atoms with Gasteiger partial charge in [0.25, 0.3) is 0 Å². The maximum absolute atomic E-state index is 13.1. The summed E-state index contributed by atoms with van der Waals surface area (Å²) < 4.78 is 14.4. The fourth-order valence-corrected chi connectivity index (χ4v) is 2.14. The zero-order valence-electron chi connectivity index (χ0n) is 8.09. The highest BCUT2D eigenvalue weighted by Crippen LogP contribution is 2.23. The summed E-state index contributed by atoms with van der Waals surface area (Å²) in [4.78, 5) is 5.20. The lowest BCUT2D eigenvalue weighted by Gasteiger charge is -1.95. The first-order valence-electron chi connectivity index (χ1n) is 4.59. The number of pyridine rings is 1. The van der Waals surface area contributed by atoms with Gasteiger partial charge in [-0.2, -0.15) is 0 Å². The van der Waals surface area contributed by atoms with E-state index >= 15 is 0 Å². The first kappa shape index (κ1) is 9.29. The Morgan fingerprint density at radius 3 is 3.06 bits per heavy atom. The lowest BCUT2D eigenvalue weighted by atomic mass is 10.4. The fraction of sp³-hybridized carbons (Fsp3) is 0. The minimum atomic E-state index is -0.423. The van der Waals surface area contributed by atoms with Gasteiger partial charge >= 0.3 is 0 Å². The van der Waals surface area contributed by atoms with Crippen LogP contribution in [0.3, 0.4) is 0 Å². The summed E-state index contributed by atoms with van der Waals surface area (Å²) in [5, 5.41) is 6.11. The quantitative estimate of drug-likeness (QED) is 0.702. The summed E-state index contributed by atoms with van der Waals surface area (Å²) in [6.45, 7) is 0. The lowest BCUT2D eigenvalue weighted by molar-refractivity contribution is 0.615. The molecule has 0 aliphatic rings. The predicted octanol–water partition coefficient (Wildman–Crippen LogP) is 2.18. The Bertz CT molecular complexity index is 644. The van der Waals surface area contributed by atoms with Gasteiger partial charge in [-0.1, -0.05) is 6.07 Å². The number of nitrogens with two attached hydrogens (primary N) is 1. The Morgan fingerprint density at radius 1 is 1.44 bits per heavy atom. The van der Waals surface area contributed by atoms with Crippen LogP contribution in [0.2, 0.25) is 0 Å². The van der Waals surface area contributed by atoms with Crippen molar-refractivity contribution in [3.8, 4) is 10.7 Å². The Morgan fingerprint density at radius 2 is 2.31 bits per heavy atom. The van der Waals surface area contributed by atoms with Crippen LogP contribution in [0.15, 0.2) is 29.8 Å². The van der Waals surface area contributed by atoms with E-state index in [-0.39, 0.29) is 5.69 Å². The maximum Gasteiger partial charge on any atom is 0.192 e. The molecule has 0 bridgehead atoms. The number of nitrogens with zero attached hydrogens (tertiary/aromatic N) is 3. The van der Waals surface area contributed by atoms with Gasteiger partial charge in [0, 0.05) is 6.07 Å². The summed E-state index contributed by atoms with van der Waals surface area (Å²) in [6, 6.07) is 5.06. The molecule has 3 rings (SSSR count). The lowest BCUT2D eigenvalue weighted by Crippen LogP contribution is -1.95. The third-order valence-corrected chi connectivity index (χ3v) is 3.04. The van der Waals surface area contributed by atoms with Crippen LogP contribution >= 0.6 is 11.3 Å². The van der Waals surface area contributed by atoms with E-state index in [0.29, 0.717) is 11.5 Å². The van der Waals surface area contributed by atoms with E-state index in [1.54, 1.807) is 0 Å². The molecule has 2 N–H and O–H groups in total. The van der Waals surface area contributed by atoms with Gasteiger partial charge in [0.05, 0.1) is 16.8 Å². The van der Waals surface area contributed by atoms with Gasteiger partial charge < -0.3 is 5.73 Å². The van der Waals surface area contributed by atoms with Crippen LogP contribution in [-0.4, -0.2) is 14.6 Å². The molecule has 0 spiro atoms. The van der Waals surface area contributed by atoms with Crippen molar-refractivity contribution in [2.24, 2.45) is 0 Å². The van der Waals surface area contributed by atoms with Crippen molar-refractivity contribution in [1.82, 2.24) is 14.6 Å². The fourth-order valence-electron chi connectivity index (χ4n) is 1.49. The van der Waals surface area contributed by atoms with Gasteiger partial charge in [0.15, 0.2) is 11.5 Å². The number of nitrogen functional groups attached to an aromatic ring is 1. The Kier molecular flexibility index (Phi) is 1.90. The monoisotopic (exact) mass is 234 g/mol. The van der Waals surface area contributed by atoms with Crippen LogP contribution in [0.1, 0.15) is 0 Å². The zero-order valence-corrected chi connectivity index (χ0v) is 8.91. The second-order valence-electron chi connectivity index (χ2n) is 3.29. The molecular formula is C10H7FN4S. The molecule has 0 unspecified atom stereocenters. The Labute approximate surface area is 94.2 Å². The number of hydrogen-bond acceptors (Lipinski definition) is 4. The molecular weight excluding hydrogens is 227 g/mol. The average Bonchev–Trinajstić information content (AvgIpc) is 2.82. The van der Waals surface area contributed by atoms with Crippen molar-refractivity contribution < 1.29 is 4.39 Å². The van der Waals surface area contributed by atoms with E-state index in [4.69, 9.17) is 5.73 Å². The molecule has 0 aliphatic heterocycles. The van der Waals surface area contributed by atoms with Crippen LogP contribution in [-0.2, 0) is 0 Å². The van der Waals surface area contributed by atoms with Crippen molar-refractivity contribution >= 4 is 22.7 Å². The summed E-state index contributed by atoms with van der Waals surface area (Å²) in [7, 11) is 0. The first-order chi connectivity index (χ1) is 7.74. The molecule has 0 amide bonds. The summed E-state index contributed by atoms with van der Waals surface area (Å²) in [5.41, 5.74) is 6.43. The van der Waals surface area contributed by atoms with Crippen molar-refractivity contribution in [2.75, 3.05) is 5.73 Å². The minimum absolute atomic E-state index is 0.287. The topological polar surface area (TPSA) is 56.2 Å². The van der Waals surface area contributed by atoms with Crippen LogP contribution in [0, 0.1) is 5.82 Å². The van der Waals surface area contributed by atoms with E-state index in [1.807, 2.05) is 17.5 Å². The van der Waals surface area contributed by atoms with E-state index in [2.05, 4.69) is 10.1 Å². The molecule has 0 saturated heterocycles. The van der Waals surface area contributed by atoms with Crippen LogP contribution in [0.25, 0.3) is 16.3 Å². The van der Waals surface area contributed by atoms with Gasteiger partial charge in [-0.05, 0) is 11.4 Å². The molecule has 0 atom stereocenters. The number of fused-ring (bicyclic) bond motifs is 1. The molecule has 0 aromatic carbocycles. The largest absolute Gasteiger partial charge is 0.396 e. The van der Waals surface area contributed by atoms with Gasteiger partial charge in [-0.3, -0.25) is 0 Å². The Hall–Kier alpha value is -1.95. The normalized spacial score (nSPS) is 11.1. The number of rotatable bonds is 1. The molecule has 4 nitrogen and oxygen atoms in total. The molecule has 0 aliphatic carbocycles. The number of aromatic nitrogens is 3. The maximum atomic E-state index is 13.1. The highest BCUT2D eigenvalue weighted by molar-refractivity contribution is 7.13. The van der Waals surface area contributed by atoms with E-state index < -0.39 is 5.82 Å². The number of hydrogen-bond donors (Lipinski definition) is 1. The predicted molar refractivity (Wildman–Crippen MR) is 60.7 cm³/mol. The number of halogens is 1. The molecule has 6 heteroatoms. The molecule has 3 aromatic heterocycles. The van der Waals surface area contributed by atoms with E-state index in [0.717, 1.165) is 4.88 Å². The van der Waals surface area contributed by atoms with Crippen LogP contribution in [0.5, 0.6) is 0 Å². The number of anilines is 1. The second kappa shape index (κ2) is 3.28. The molecule has 0 fully saturated rings. The molecule has 80 valence electrons. The third-order valence-electron chi connectivity index (χ3n) is 2.17. The average molecular weight is 234 g/mol. The highest BCUT2D eigenvalue weighted by Gasteiger charge is 2.10. The second-order valence-corrected chi connectivity index (χ2v) is 4.24. The van der Waals surface area contributed by atoms with Gasteiger partial charge in [-0.25, -0.2) is 13.9 Å². The minimum Gasteiger partial charge on any atom is -0.396 e. The summed E-state index contributed by atoms with van der Waals surface area (Å²) >= 11 is 1.53. The van der Waals surface area contributed by atoms with Crippen LogP contribution in [0.4, 0.5) is 10.1 Å². The molecule has 16 heavy (non-hydrogen) atoms. The van der Waals surface area contributed by atoms with Crippen LogP contribution < -0.4 is 5.73 Å². The van der Waals surface area contributed by atoms with Crippen molar-refractivity contribution in [2.45, 2.75) is 0 Å². The Balaban J connectivity index is 2.27. The zero-order chi connectivity index (χ0) is 11.1. The molecule has 3 heterocycles. The number of thiophene rings is 1. The SMILES string of the molecule is Nc1cc(F)cn2nc(-c3cccs3)nc12. The van der Waals surface area contributed by atoms with Crippen molar-refractivity contribution in [1.29, 1.82) is 0 Å². The van der Waals surface area contributed by atoms with Crippen molar-refractivity contribution in [3.05, 3.63) is 35.6 Å². The first-order valence-corrected chi connectivity index (χ1v) is 5.47. The molecule has 0 saturated carbocycles. The van der Waals surface area contributed by atoms with Gasteiger partial charge in [0.1, 0.15) is 5.82 Å². The van der Waals surface area contributed by atoms with Gasteiger partial charge in [0.2, 0.25) is 0 Å². The summed E-state index contributed by atoms with van der Waals surface area (Å²) in [5.74, 6) is 0.139. The highest BCUT2D eigenvalue weighted by atomic mass is 32.1. The third kappa shape index (κ3) is 1.35. The standard InChI is InChI=1S/C10H7FN4S/c11-6-4-7(12)10-13-9(14-15(10)5-6)8-2-1-3-16-8/h1-5H,12H2. The van der Waals surface area contributed by atoms with E-state index in [1.165, 1.54) is 28.1 Å². The van der Waals surface area contributed by atoms with Crippen molar-refractivity contribution in [3.63, 3.8) is 0 Å². The van der Waals surface area contributed by atoms with E-state index in [9.17, 15) is 4.39 Å². The molecule has 0 radical (unpaired) electrons.